The second-order valence-corrected chi connectivity index (χ2v) is 8.32. The van der Waals surface area contributed by atoms with Gasteiger partial charge in [-0.1, -0.05) is 30.3 Å². The van der Waals surface area contributed by atoms with Crippen LogP contribution < -0.4 is 16.0 Å². The fourth-order valence-corrected chi connectivity index (χ4v) is 3.05. The van der Waals surface area contributed by atoms with Crippen LogP contribution >= 0.6 is 0 Å². The van der Waals surface area contributed by atoms with Crippen LogP contribution in [0, 0.1) is 0 Å². The third-order valence-corrected chi connectivity index (χ3v) is 4.52. The summed E-state index contributed by atoms with van der Waals surface area (Å²) in [5.41, 5.74) is 0.278. The summed E-state index contributed by atoms with van der Waals surface area (Å²) in [4.78, 5) is 16.6. The monoisotopic (exact) mass is 390 g/mol. The van der Waals surface area contributed by atoms with Crippen LogP contribution in [0.25, 0.3) is 0 Å². The third-order valence-electron chi connectivity index (χ3n) is 4.52. The molecule has 0 aromatic heterocycles. The van der Waals surface area contributed by atoms with E-state index in [1.165, 1.54) is 0 Å². The van der Waals surface area contributed by atoms with Gasteiger partial charge in [0.15, 0.2) is 5.96 Å². The Hall–Kier alpha value is -2.28. The minimum absolute atomic E-state index is 0.161. The van der Waals surface area contributed by atoms with E-state index in [1.54, 1.807) is 7.05 Å². The molecule has 7 nitrogen and oxygen atoms in total. The number of hydrogen-bond acceptors (Lipinski definition) is 4. The molecule has 1 fully saturated rings. The van der Waals surface area contributed by atoms with Crippen molar-refractivity contribution < 1.29 is 14.3 Å². The maximum Gasteiger partial charge on any atom is 0.408 e. The van der Waals surface area contributed by atoms with Crippen LogP contribution in [0.1, 0.15) is 52.1 Å². The maximum absolute atomic E-state index is 12.3. The fourth-order valence-electron chi connectivity index (χ4n) is 3.05. The van der Waals surface area contributed by atoms with Crippen molar-refractivity contribution in [3.05, 3.63) is 35.9 Å². The summed E-state index contributed by atoms with van der Waals surface area (Å²) in [6.07, 6.45) is 1.67. The number of carbonyl (C=O) groups is 1. The van der Waals surface area contributed by atoms with Crippen molar-refractivity contribution in [1.29, 1.82) is 0 Å². The Labute approximate surface area is 168 Å². The minimum Gasteiger partial charge on any atom is -0.444 e. The lowest BCUT2D eigenvalue weighted by atomic mass is 10.0. The van der Waals surface area contributed by atoms with Gasteiger partial charge in [-0.05, 0) is 46.1 Å². The lowest BCUT2D eigenvalue weighted by molar-refractivity contribution is 0.0243. The normalized spacial score (nSPS) is 21.1. The summed E-state index contributed by atoms with van der Waals surface area (Å²) in [5.74, 6) is 0.670. The zero-order valence-electron chi connectivity index (χ0n) is 17.7. The molecule has 0 aliphatic carbocycles. The topological polar surface area (TPSA) is 84.0 Å². The number of carbonyl (C=O) groups excluding carboxylic acids is 1. The molecule has 1 aliphatic heterocycles. The SMILES string of the molecule is CN=C(NCC(NC(=O)OC(C)(C)C)c1ccccc1)NCC1(C)CCCO1. The maximum atomic E-state index is 12.3. The molecule has 3 N–H and O–H groups in total. The van der Waals surface area contributed by atoms with Crippen LogP contribution in [-0.4, -0.2) is 50.0 Å². The number of alkyl carbamates (subject to hydrolysis) is 1. The molecule has 0 saturated carbocycles. The molecular formula is C21H34N4O3. The molecule has 0 radical (unpaired) electrons. The predicted molar refractivity (Wildman–Crippen MR) is 112 cm³/mol. The first-order valence-corrected chi connectivity index (χ1v) is 9.84. The van der Waals surface area contributed by atoms with E-state index in [4.69, 9.17) is 9.47 Å². The Balaban J connectivity index is 1.96. The Morgan fingerprint density at radius 3 is 2.57 bits per heavy atom. The molecule has 1 aliphatic rings. The van der Waals surface area contributed by atoms with Gasteiger partial charge in [0.05, 0.1) is 11.6 Å². The van der Waals surface area contributed by atoms with Crippen molar-refractivity contribution in [2.24, 2.45) is 4.99 Å². The van der Waals surface area contributed by atoms with Gasteiger partial charge in [-0.25, -0.2) is 4.79 Å². The van der Waals surface area contributed by atoms with Crippen molar-refractivity contribution in [1.82, 2.24) is 16.0 Å². The van der Waals surface area contributed by atoms with Gasteiger partial charge in [-0.15, -0.1) is 0 Å². The van der Waals surface area contributed by atoms with Crippen LogP contribution in [0.3, 0.4) is 0 Å². The lowest BCUT2D eigenvalue weighted by Gasteiger charge is -2.26. The molecule has 1 saturated heterocycles. The van der Waals surface area contributed by atoms with Crippen molar-refractivity contribution in [3.8, 4) is 0 Å². The highest BCUT2D eigenvalue weighted by Gasteiger charge is 2.29. The summed E-state index contributed by atoms with van der Waals surface area (Å²) in [5, 5.41) is 9.55. The molecule has 1 aromatic rings. The number of hydrogen-bond donors (Lipinski definition) is 3. The van der Waals surface area contributed by atoms with Crippen LogP contribution in [0.5, 0.6) is 0 Å². The van der Waals surface area contributed by atoms with E-state index in [1.807, 2.05) is 51.1 Å². The standard InChI is InChI=1S/C21H34N4O3/c1-20(2,3)28-19(26)25-17(16-10-7-6-8-11-16)14-23-18(22-5)24-15-21(4)12-9-13-27-21/h6-8,10-11,17H,9,12-15H2,1-5H3,(H,25,26)(H2,22,23,24). The molecule has 1 aromatic carbocycles. The van der Waals surface area contributed by atoms with Gasteiger partial charge in [-0.3, -0.25) is 4.99 Å². The molecule has 2 rings (SSSR count). The van der Waals surface area contributed by atoms with Crippen LogP contribution in [0.2, 0.25) is 0 Å². The van der Waals surface area contributed by atoms with E-state index >= 15 is 0 Å². The number of amides is 1. The first kappa shape index (κ1) is 22.0. The second kappa shape index (κ2) is 9.78. The third kappa shape index (κ3) is 7.38. The number of nitrogens with one attached hydrogen (secondary N) is 3. The number of guanidine groups is 1. The molecule has 0 bridgehead atoms. The van der Waals surface area contributed by atoms with E-state index in [-0.39, 0.29) is 11.6 Å². The van der Waals surface area contributed by atoms with Gasteiger partial charge in [0.2, 0.25) is 0 Å². The molecule has 2 atom stereocenters. The average Bonchev–Trinajstić information content (AvgIpc) is 3.07. The molecule has 0 spiro atoms. The van der Waals surface area contributed by atoms with Gasteiger partial charge in [0, 0.05) is 26.7 Å². The fraction of sp³-hybridized carbons (Fsp3) is 0.619. The number of aliphatic imine (C=N–C) groups is 1. The second-order valence-electron chi connectivity index (χ2n) is 8.32. The lowest BCUT2D eigenvalue weighted by Crippen LogP contribution is -2.48. The van der Waals surface area contributed by atoms with E-state index in [0.717, 1.165) is 25.0 Å². The van der Waals surface area contributed by atoms with E-state index in [0.29, 0.717) is 19.0 Å². The van der Waals surface area contributed by atoms with Crippen molar-refractivity contribution in [3.63, 3.8) is 0 Å². The molecule has 7 heteroatoms. The number of nitrogens with zero attached hydrogens (tertiary/aromatic N) is 1. The molecular weight excluding hydrogens is 356 g/mol. The zero-order valence-corrected chi connectivity index (χ0v) is 17.7. The van der Waals surface area contributed by atoms with Crippen molar-refractivity contribution >= 4 is 12.1 Å². The summed E-state index contributed by atoms with van der Waals surface area (Å²) >= 11 is 0. The summed E-state index contributed by atoms with van der Waals surface area (Å²) in [7, 11) is 1.73. The minimum atomic E-state index is -0.549. The molecule has 28 heavy (non-hydrogen) atoms. The number of benzene rings is 1. The molecule has 156 valence electrons. The quantitative estimate of drug-likeness (QED) is 0.514. The van der Waals surface area contributed by atoms with Crippen LogP contribution in [0.4, 0.5) is 4.79 Å². The number of rotatable bonds is 6. The first-order chi connectivity index (χ1) is 13.2. The Bertz CT molecular complexity index is 649. The highest BCUT2D eigenvalue weighted by Crippen LogP contribution is 2.23. The van der Waals surface area contributed by atoms with Gasteiger partial charge in [-0.2, -0.15) is 0 Å². The van der Waals surface area contributed by atoms with Crippen molar-refractivity contribution in [2.45, 2.75) is 57.8 Å². The van der Waals surface area contributed by atoms with E-state index in [2.05, 4.69) is 27.9 Å². The Morgan fingerprint density at radius 1 is 1.29 bits per heavy atom. The van der Waals surface area contributed by atoms with Gasteiger partial charge in [0.1, 0.15) is 5.60 Å². The van der Waals surface area contributed by atoms with Crippen LogP contribution in [-0.2, 0) is 9.47 Å². The first-order valence-electron chi connectivity index (χ1n) is 9.84. The van der Waals surface area contributed by atoms with E-state index in [9.17, 15) is 4.79 Å². The molecule has 2 unspecified atom stereocenters. The Kier molecular flexibility index (Phi) is 7.69. The van der Waals surface area contributed by atoms with Crippen molar-refractivity contribution in [2.75, 3.05) is 26.7 Å². The van der Waals surface area contributed by atoms with E-state index < -0.39 is 11.7 Å². The summed E-state index contributed by atoms with van der Waals surface area (Å²) in [6, 6.07) is 9.55. The average molecular weight is 391 g/mol. The summed E-state index contributed by atoms with van der Waals surface area (Å²) < 4.78 is 11.2. The van der Waals surface area contributed by atoms with Gasteiger partial charge >= 0.3 is 6.09 Å². The van der Waals surface area contributed by atoms with Gasteiger partial charge < -0.3 is 25.4 Å². The highest BCUT2D eigenvalue weighted by atomic mass is 16.6. The summed E-state index contributed by atoms with van der Waals surface area (Å²) in [6.45, 7) is 9.61. The highest BCUT2D eigenvalue weighted by molar-refractivity contribution is 5.79. The predicted octanol–water partition coefficient (Wildman–Crippen LogP) is 2.99. The number of ether oxygens (including phenoxy) is 2. The molecule has 1 heterocycles. The molecule has 1 amide bonds. The van der Waals surface area contributed by atoms with Crippen LogP contribution in [0.15, 0.2) is 35.3 Å². The largest absolute Gasteiger partial charge is 0.444 e. The van der Waals surface area contributed by atoms with Gasteiger partial charge in [0.25, 0.3) is 0 Å². The smallest absolute Gasteiger partial charge is 0.408 e. The zero-order chi connectivity index (χ0) is 20.6. The Morgan fingerprint density at radius 2 is 2.00 bits per heavy atom.